The molecule has 1 aromatic rings. The van der Waals surface area contributed by atoms with Crippen LogP contribution in [0.5, 0.6) is 0 Å². The lowest BCUT2D eigenvalue weighted by Crippen LogP contribution is -2.45. The minimum absolute atomic E-state index is 0.0150. The Morgan fingerprint density at radius 3 is 2.16 bits per heavy atom. The van der Waals surface area contributed by atoms with Crippen molar-refractivity contribution in [3.05, 3.63) is 22.7 Å². The van der Waals surface area contributed by atoms with Gasteiger partial charge >= 0.3 is 0 Å². The van der Waals surface area contributed by atoms with Gasteiger partial charge in [0.15, 0.2) is 9.84 Å². The number of benzene rings is 1. The largest absolute Gasteiger partial charge is 0.300 e. The lowest BCUT2D eigenvalue weighted by Gasteiger charge is -2.36. The number of sulfone groups is 1. The zero-order valence-corrected chi connectivity index (χ0v) is 17.4. The van der Waals surface area contributed by atoms with Crippen LogP contribution in [-0.2, 0) is 19.9 Å². The van der Waals surface area contributed by atoms with Gasteiger partial charge in [-0.3, -0.25) is 0 Å². The molecule has 0 aromatic heterocycles. The molecule has 140 valence electrons. The summed E-state index contributed by atoms with van der Waals surface area (Å²) in [4.78, 5) is 2.50. The van der Waals surface area contributed by atoms with Crippen LogP contribution in [0.3, 0.4) is 0 Å². The molecular formula is C16H23BrN2O4S2. The Balaban J connectivity index is 1.80. The lowest BCUT2D eigenvalue weighted by molar-refractivity contribution is 0.168. The van der Waals surface area contributed by atoms with Crippen molar-refractivity contribution in [3.63, 3.8) is 0 Å². The van der Waals surface area contributed by atoms with Crippen LogP contribution in [0.2, 0.25) is 0 Å². The maximum absolute atomic E-state index is 13.0. The molecule has 2 aliphatic heterocycles. The topological polar surface area (TPSA) is 74.8 Å². The molecule has 6 nitrogen and oxygen atoms in total. The van der Waals surface area contributed by atoms with E-state index in [-0.39, 0.29) is 9.79 Å². The Hall–Kier alpha value is -0.480. The Morgan fingerprint density at radius 1 is 1.00 bits per heavy atom. The van der Waals surface area contributed by atoms with Crippen LogP contribution < -0.4 is 0 Å². The molecule has 2 saturated heterocycles. The van der Waals surface area contributed by atoms with Crippen molar-refractivity contribution >= 4 is 35.8 Å². The minimum atomic E-state index is -3.72. The van der Waals surface area contributed by atoms with Gasteiger partial charge in [-0.2, -0.15) is 4.31 Å². The van der Waals surface area contributed by atoms with Crippen molar-refractivity contribution in [2.45, 2.75) is 41.5 Å². The molecule has 2 heterocycles. The van der Waals surface area contributed by atoms with Crippen LogP contribution in [0.15, 0.2) is 32.5 Å². The highest BCUT2D eigenvalue weighted by Gasteiger charge is 2.33. The van der Waals surface area contributed by atoms with E-state index in [1.54, 1.807) is 0 Å². The number of nitrogens with zero attached hydrogens (tertiary/aromatic N) is 2. The molecule has 0 aliphatic carbocycles. The molecule has 9 heteroatoms. The van der Waals surface area contributed by atoms with Gasteiger partial charge in [0.05, 0.1) is 9.79 Å². The summed E-state index contributed by atoms with van der Waals surface area (Å²) in [5.41, 5.74) is 0. The third kappa shape index (κ3) is 4.10. The molecule has 0 amide bonds. The summed E-state index contributed by atoms with van der Waals surface area (Å²) in [5, 5.41) is 0. The molecular weight excluding hydrogens is 428 g/mol. The fourth-order valence-electron chi connectivity index (χ4n) is 3.61. The number of likely N-dealkylation sites (tertiary alicyclic amines) is 1. The molecule has 2 fully saturated rings. The lowest BCUT2D eigenvalue weighted by atomic mass is 10.1. The van der Waals surface area contributed by atoms with E-state index in [0.717, 1.165) is 32.2 Å². The summed E-state index contributed by atoms with van der Waals surface area (Å²) in [6.45, 7) is 3.16. The molecule has 0 N–H and O–H groups in total. The molecule has 0 unspecified atom stereocenters. The van der Waals surface area contributed by atoms with Crippen molar-refractivity contribution in [2.75, 3.05) is 32.4 Å². The SMILES string of the molecule is CS(=O)(=O)c1ccc(Br)c(S(=O)(=O)N2CCC(N3CCCC3)CC2)c1. The van der Waals surface area contributed by atoms with E-state index < -0.39 is 19.9 Å². The van der Waals surface area contributed by atoms with Gasteiger partial charge < -0.3 is 4.90 Å². The first-order valence-corrected chi connectivity index (χ1v) is 12.6. The van der Waals surface area contributed by atoms with Crippen LogP contribution in [0, 0.1) is 0 Å². The predicted octanol–water partition coefficient (Wildman–Crippen LogP) is 2.10. The summed E-state index contributed by atoms with van der Waals surface area (Å²) in [6.07, 6.45) is 5.17. The van der Waals surface area contributed by atoms with Crippen LogP contribution in [0.4, 0.5) is 0 Å². The minimum Gasteiger partial charge on any atom is -0.300 e. The average molecular weight is 451 g/mol. The molecule has 3 rings (SSSR count). The number of piperidine rings is 1. The van der Waals surface area contributed by atoms with E-state index in [0.29, 0.717) is 23.6 Å². The molecule has 0 saturated carbocycles. The maximum Gasteiger partial charge on any atom is 0.244 e. The molecule has 1 aromatic carbocycles. The van der Waals surface area contributed by atoms with Crippen LogP contribution in [0.25, 0.3) is 0 Å². The Bertz CT molecular complexity index is 841. The Labute approximate surface area is 158 Å². The zero-order valence-electron chi connectivity index (χ0n) is 14.2. The standard InChI is InChI=1S/C16H23BrN2O4S2/c1-24(20,21)14-4-5-15(17)16(12-14)25(22,23)19-10-6-13(7-11-19)18-8-2-3-9-18/h4-5,12-13H,2-3,6-11H2,1H3. The highest BCUT2D eigenvalue weighted by atomic mass is 79.9. The van der Waals surface area contributed by atoms with Crippen molar-refractivity contribution < 1.29 is 16.8 Å². The van der Waals surface area contributed by atoms with E-state index in [9.17, 15) is 16.8 Å². The molecule has 25 heavy (non-hydrogen) atoms. The predicted molar refractivity (Wildman–Crippen MR) is 99.8 cm³/mol. The quantitative estimate of drug-likeness (QED) is 0.701. The van der Waals surface area contributed by atoms with Gasteiger partial charge in [0, 0.05) is 29.9 Å². The van der Waals surface area contributed by atoms with Crippen LogP contribution in [-0.4, -0.2) is 64.5 Å². The molecule has 2 aliphatic rings. The number of halogens is 1. The van der Waals surface area contributed by atoms with Crippen molar-refractivity contribution in [3.8, 4) is 0 Å². The average Bonchev–Trinajstić information content (AvgIpc) is 3.08. The second-order valence-electron chi connectivity index (χ2n) is 6.74. The summed E-state index contributed by atoms with van der Waals surface area (Å²) in [5.74, 6) is 0. The molecule has 0 radical (unpaired) electrons. The Morgan fingerprint density at radius 2 is 1.60 bits per heavy atom. The first-order chi connectivity index (χ1) is 11.7. The molecule has 0 spiro atoms. The summed E-state index contributed by atoms with van der Waals surface area (Å²) >= 11 is 3.26. The van der Waals surface area contributed by atoms with E-state index in [1.807, 2.05) is 0 Å². The molecule has 0 atom stereocenters. The second kappa shape index (κ2) is 7.26. The maximum atomic E-state index is 13.0. The van der Waals surface area contributed by atoms with E-state index in [1.165, 1.54) is 35.3 Å². The number of rotatable bonds is 4. The Kier molecular flexibility index (Phi) is 5.60. The van der Waals surface area contributed by atoms with Gasteiger partial charge in [0.25, 0.3) is 0 Å². The smallest absolute Gasteiger partial charge is 0.244 e. The van der Waals surface area contributed by atoms with Crippen LogP contribution in [0.1, 0.15) is 25.7 Å². The van der Waals surface area contributed by atoms with Crippen molar-refractivity contribution in [2.24, 2.45) is 0 Å². The number of hydrogen-bond acceptors (Lipinski definition) is 5. The fraction of sp³-hybridized carbons (Fsp3) is 0.625. The van der Waals surface area contributed by atoms with Gasteiger partial charge in [-0.15, -0.1) is 0 Å². The third-order valence-electron chi connectivity index (χ3n) is 5.03. The van der Waals surface area contributed by atoms with Crippen LogP contribution >= 0.6 is 15.9 Å². The third-order valence-corrected chi connectivity index (χ3v) is 9.03. The van der Waals surface area contributed by atoms with Gasteiger partial charge in [-0.1, -0.05) is 0 Å². The first kappa shape index (κ1) is 19.3. The highest BCUT2D eigenvalue weighted by Crippen LogP contribution is 2.30. The van der Waals surface area contributed by atoms with Crippen molar-refractivity contribution in [1.29, 1.82) is 0 Å². The van der Waals surface area contributed by atoms with Gasteiger partial charge in [0.2, 0.25) is 10.0 Å². The summed E-state index contributed by atoms with van der Waals surface area (Å²) in [7, 11) is -7.18. The van der Waals surface area contributed by atoms with Crippen molar-refractivity contribution in [1.82, 2.24) is 9.21 Å². The number of hydrogen-bond donors (Lipinski definition) is 0. The highest BCUT2D eigenvalue weighted by molar-refractivity contribution is 9.10. The second-order valence-corrected chi connectivity index (χ2v) is 11.5. The monoisotopic (exact) mass is 450 g/mol. The fourth-order valence-corrected chi connectivity index (χ4v) is 6.75. The van der Waals surface area contributed by atoms with Gasteiger partial charge in [-0.05, 0) is 72.9 Å². The first-order valence-electron chi connectivity index (χ1n) is 8.43. The van der Waals surface area contributed by atoms with E-state index in [4.69, 9.17) is 0 Å². The van der Waals surface area contributed by atoms with Gasteiger partial charge in [-0.25, -0.2) is 16.8 Å². The van der Waals surface area contributed by atoms with Gasteiger partial charge in [0.1, 0.15) is 0 Å². The molecule has 0 bridgehead atoms. The summed E-state index contributed by atoms with van der Waals surface area (Å²) < 4.78 is 51.4. The number of sulfonamides is 1. The summed E-state index contributed by atoms with van der Waals surface area (Å²) in [6, 6.07) is 4.61. The van der Waals surface area contributed by atoms with E-state index in [2.05, 4.69) is 20.8 Å². The zero-order chi connectivity index (χ0) is 18.2. The van der Waals surface area contributed by atoms with E-state index >= 15 is 0 Å². The normalized spacial score (nSPS) is 21.7.